The Labute approximate surface area is 103 Å². The van der Waals surface area contributed by atoms with Gasteiger partial charge in [0.1, 0.15) is 5.83 Å². The molecule has 0 spiro atoms. The van der Waals surface area contributed by atoms with E-state index in [4.69, 9.17) is 0 Å². The van der Waals surface area contributed by atoms with Crippen LogP contribution in [0.5, 0.6) is 0 Å². The van der Waals surface area contributed by atoms with Crippen molar-refractivity contribution in [3.63, 3.8) is 0 Å². The molecule has 1 fully saturated rings. The summed E-state index contributed by atoms with van der Waals surface area (Å²) in [4.78, 5) is 0. The van der Waals surface area contributed by atoms with Gasteiger partial charge in [0.15, 0.2) is 0 Å². The SMILES string of the molecule is CC1(C)CNCCC1(O)CC1=CC=C(F)CC1. The van der Waals surface area contributed by atoms with Gasteiger partial charge >= 0.3 is 0 Å². The first kappa shape index (κ1) is 12.8. The summed E-state index contributed by atoms with van der Waals surface area (Å²) >= 11 is 0. The summed E-state index contributed by atoms with van der Waals surface area (Å²) in [5.74, 6) is -0.0506. The third kappa shape index (κ3) is 2.61. The predicted octanol–water partition coefficient (Wildman–Crippen LogP) is 2.70. The molecule has 0 amide bonds. The van der Waals surface area contributed by atoms with Gasteiger partial charge in [-0.1, -0.05) is 25.5 Å². The maximum absolute atomic E-state index is 12.9. The van der Waals surface area contributed by atoms with Gasteiger partial charge in [0.25, 0.3) is 0 Å². The minimum absolute atomic E-state index is 0.0506. The van der Waals surface area contributed by atoms with Gasteiger partial charge < -0.3 is 10.4 Å². The second kappa shape index (κ2) is 4.54. The number of piperidine rings is 1. The molecule has 1 atom stereocenters. The first-order valence-corrected chi connectivity index (χ1v) is 6.40. The molecular formula is C14H22FNO. The molecule has 3 heteroatoms. The van der Waals surface area contributed by atoms with Crippen molar-refractivity contribution < 1.29 is 9.50 Å². The monoisotopic (exact) mass is 239 g/mol. The fourth-order valence-corrected chi connectivity index (χ4v) is 2.70. The van der Waals surface area contributed by atoms with E-state index in [1.807, 2.05) is 6.08 Å². The highest BCUT2D eigenvalue weighted by atomic mass is 19.1. The van der Waals surface area contributed by atoms with E-state index in [1.165, 1.54) is 11.6 Å². The summed E-state index contributed by atoms with van der Waals surface area (Å²) < 4.78 is 12.9. The van der Waals surface area contributed by atoms with Crippen molar-refractivity contribution in [2.45, 2.75) is 45.1 Å². The number of aliphatic hydroxyl groups is 1. The van der Waals surface area contributed by atoms with Crippen molar-refractivity contribution in [3.8, 4) is 0 Å². The number of hydrogen-bond donors (Lipinski definition) is 2. The van der Waals surface area contributed by atoms with E-state index in [0.717, 1.165) is 25.9 Å². The Morgan fingerprint density at radius 2 is 2.12 bits per heavy atom. The molecule has 1 aliphatic heterocycles. The quantitative estimate of drug-likeness (QED) is 0.776. The molecule has 0 aromatic carbocycles. The van der Waals surface area contributed by atoms with Gasteiger partial charge in [-0.05, 0) is 31.9 Å². The van der Waals surface area contributed by atoms with Crippen molar-refractivity contribution >= 4 is 0 Å². The van der Waals surface area contributed by atoms with Crippen LogP contribution in [-0.2, 0) is 0 Å². The van der Waals surface area contributed by atoms with Crippen molar-refractivity contribution in [1.29, 1.82) is 0 Å². The fraction of sp³-hybridized carbons (Fsp3) is 0.714. The normalized spacial score (nSPS) is 32.9. The number of rotatable bonds is 2. The van der Waals surface area contributed by atoms with Crippen molar-refractivity contribution in [3.05, 3.63) is 23.6 Å². The number of halogens is 1. The summed E-state index contributed by atoms with van der Waals surface area (Å²) in [6.07, 6.45) is 6.05. The summed E-state index contributed by atoms with van der Waals surface area (Å²) in [6.45, 7) is 5.89. The number of hydrogen-bond acceptors (Lipinski definition) is 2. The van der Waals surface area contributed by atoms with Crippen LogP contribution >= 0.6 is 0 Å². The van der Waals surface area contributed by atoms with Crippen LogP contribution in [0.15, 0.2) is 23.6 Å². The first-order valence-electron chi connectivity index (χ1n) is 6.40. The minimum atomic E-state index is -0.661. The Balaban J connectivity index is 2.11. The maximum Gasteiger partial charge on any atom is 0.100 e. The van der Waals surface area contributed by atoms with E-state index >= 15 is 0 Å². The van der Waals surface area contributed by atoms with Crippen molar-refractivity contribution in [2.24, 2.45) is 5.41 Å². The lowest BCUT2D eigenvalue weighted by molar-refractivity contribution is -0.0873. The van der Waals surface area contributed by atoms with E-state index in [2.05, 4.69) is 19.2 Å². The Hall–Kier alpha value is -0.670. The van der Waals surface area contributed by atoms with Crippen LogP contribution in [0.25, 0.3) is 0 Å². The zero-order valence-corrected chi connectivity index (χ0v) is 10.7. The summed E-state index contributed by atoms with van der Waals surface area (Å²) in [6, 6.07) is 0. The lowest BCUT2D eigenvalue weighted by Crippen LogP contribution is -2.56. The van der Waals surface area contributed by atoms with Crippen LogP contribution in [0.3, 0.4) is 0 Å². The largest absolute Gasteiger partial charge is 0.389 e. The van der Waals surface area contributed by atoms with Crippen LogP contribution in [-0.4, -0.2) is 23.8 Å². The molecule has 0 aromatic heterocycles. The molecule has 0 bridgehead atoms. The molecule has 1 saturated heterocycles. The number of nitrogens with one attached hydrogen (secondary N) is 1. The molecule has 2 nitrogen and oxygen atoms in total. The smallest absolute Gasteiger partial charge is 0.100 e. The van der Waals surface area contributed by atoms with Gasteiger partial charge in [-0.2, -0.15) is 0 Å². The Bertz CT molecular complexity index is 359. The van der Waals surface area contributed by atoms with Crippen LogP contribution < -0.4 is 5.32 Å². The van der Waals surface area contributed by atoms with Crippen LogP contribution in [0.4, 0.5) is 4.39 Å². The highest BCUT2D eigenvalue weighted by Gasteiger charge is 2.45. The first-order chi connectivity index (χ1) is 7.93. The Morgan fingerprint density at radius 1 is 1.35 bits per heavy atom. The van der Waals surface area contributed by atoms with Crippen molar-refractivity contribution in [1.82, 2.24) is 5.32 Å². The van der Waals surface area contributed by atoms with E-state index < -0.39 is 5.60 Å². The molecule has 2 rings (SSSR count). The van der Waals surface area contributed by atoms with Gasteiger partial charge in [0, 0.05) is 18.4 Å². The third-order valence-electron chi connectivity index (χ3n) is 4.25. The Kier molecular flexibility index (Phi) is 3.41. The minimum Gasteiger partial charge on any atom is -0.389 e. The summed E-state index contributed by atoms with van der Waals surface area (Å²) in [7, 11) is 0. The molecule has 2 N–H and O–H groups in total. The molecule has 1 aliphatic carbocycles. The summed E-state index contributed by atoms with van der Waals surface area (Å²) in [5.41, 5.74) is 0.376. The highest BCUT2D eigenvalue weighted by molar-refractivity contribution is 5.23. The lowest BCUT2D eigenvalue weighted by atomic mass is 9.67. The van der Waals surface area contributed by atoms with Gasteiger partial charge in [-0.3, -0.25) is 0 Å². The van der Waals surface area contributed by atoms with Crippen LogP contribution in [0.1, 0.15) is 39.5 Å². The molecule has 17 heavy (non-hydrogen) atoms. The maximum atomic E-state index is 12.9. The van der Waals surface area contributed by atoms with Gasteiger partial charge in [-0.25, -0.2) is 4.39 Å². The second-order valence-electron chi connectivity index (χ2n) is 5.96. The fourth-order valence-electron chi connectivity index (χ4n) is 2.70. The summed E-state index contributed by atoms with van der Waals surface area (Å²) in [5, 5.41) is 14.1. The van der Waals surface area contributed by atoms with Crippen LogP contribution in [0.2, 0.25) is 0 Å². The van der Waals surface area contributed by atoms with Gasteiger partial charge in [0.05, 0.1) is 5.60 Å². The topological polar surface area (TPSA) is 32.3 Å². The predicted molar refractivity (Wildman–Crippen MR) is 67.3 cm³/mol. The van der Waals surface area contributed by atoms with E-state index in [1.54, 1.807) is 0 Å². The molecule has 1 unspecified atom stereocenters. The second-order valence-corrected chi connectivity index (χ2v) is 5.96. The zero-order valence-electron chi connectivity index (χ0n) is 10.7. The molecule has 0 saturated carbocycles. The third-order valence-corrected chi connectivity index (χ3v) is 4.25. The lowest BCUT2D eigenvalue weighted by Gasteiger charge is -2.47. The molecule has 96 valence electrons. The molecule has 2 aliphatic rings. The molecule has 0 radical (unpaired) electrons. The van der Waals surface area contributed by atoms with Gasteiger partial charge in [-0.15, -0.1) is 0 Å². The average Bonchev–Trinajstić information content (AvgIpc) is 2.26. The average molecular weight is 239 g/mol. The standard InChI is InChI=1S/C14H22FNO/c1-13(2)10-16-8-7-14(13,17)9-11-3-5-12(15)6-4-11/h3,5,16-17H,4,6-10H2,1-2H3. The highest BCUT2D eigenvalue weighted by Crippen LogP contribution is 2.41. The number of allylic oxidation sites excluding steroid dienone is 3. The molecule has 1 heterocycles. The molecule has 0 aromatic rings. The van der Waals surface area contributed by atoms with Crippen LogP contribution in [0, 0.1) is 5.41 Å². The molecular weight excluding hydrogens is 217 g/mol. The van der Waals surface area contributed by atoms with Crippen molar-refractivity contribution in [2.75, 3.05) is 13.1 Å². The van der Waals surface area contributed by atoms with Gasteiger partial charge in [0.2, 0.25) is 0 Å². The Morgan fingerprint density at radius 3 is 2.71 bits per heavy atom. The van der Waals surface area contributed by atoms with E-state index in [-0.39, 0.29) is 11.2 Å². The van der Waals surface area contributed by atoms with E-state index in [9.17, 15) is 9.50 Å². The van der Waals surface area contributed by atoms with E-state index in [0.29, 0.717) is 12.8 Å². The zero-order chi connectivity index (χ0) is 12.5.